The van der Waals surface area contributed by atoms with Crippen LogP contribution in [0.15, 0.2) is 48.5 Å². The van der Waals surface area contributed by atoms with Gasteiger partial charge in [0.25, 0.3) is 0 Å². The number of carbonyl (C=O) groups is 3. The van der Waals surface area contributed by atoms with E-state index in [0.29, 0.717) is 31.7 Å². The largest absolute Gasteiger partial charge is 0.478 e. The second-order valence-corrected chi connectivity index (χ2v) is 6.85. The molecule has 1 aliphatic rings. The van der Waals surface area contributed by atoms with Gasteiger partial charge in [-0.25, -0.2) is 9.59 Å². The Hall–Kier alpha value is -3.35. The molecule has 0 bridgehead atoms. The number of aromatic carboxylic acids is 1. The van der Waals surface area contributed by atoms with Crippen LogP contribution in [-0.4, -0.2) is 59.0 Å². The number of hydrogen-bond acceptors (Lipinski definition) is 3. The number of amides is 3. The fourth-order valence-electron chi connectivity index (χ4n) is 3.19. The first kappa shape index (κ1) is 19.4. The highest BCUT2D eigenvalue weighted by atomic mass is 16.4. The number of aryl methyl sites for hydroxylation is 1. The van der Waals surface area contributed by atoms with Crippen molar-refractivity contribution >= 4 is 23.6 Å². The van der Waals surface area contributed by atoms with Crippen LogP contribution in [0, 0.1) is 6.92 Å². The van der Waals surface area contributed by atoms with Gasteiger partial charge in [-0.05, 0) is 42.3 Å². The summed E-state index contributed by atoms with van der Waals surface area (Å²) in [6.07, 6.45) is 0.149. The average Bonchev–Trinajstić information content (AvgIpc) is 2.68. The molecule has 2 N–H and O–H groups in total. The number of anilines is 1. The molecule has 0 aliphatic carbocycles. The highest BCUT2D eigenvalue weighted by molar-refractivity contribution is 5.90. The van der Waals surface area contributed by atoms with Crippen molar-refractivity contribution in [1.82, 2.24) is 9.80 Å². The van der Waals surface area contributed by atoms with Crippen LogP contribution in [0.2, 0.25) is 0 Å². The summed E-state index contributed by atoms with van der Waals surface area (Å²) in [5.41, 5.74) is 2.66. The SMILES string of the molecule is Cc1cccc(NC(=O)N2CCN(C(=O)Cc3cccc(C(=O)O)c3)CC2)c1. The Labute approximate surface area is 163 Å². The van der Waals surface area contributed by atoms with Gasteiger partial charge in [0.1, 0.15) is 0 Å². The van der Waals surface area contributed by atoms with E-state index >= 15 is 0 Å². The number of benzene rings is 2. The predicted molar refractivity (Wildman–Crippen MR) is 105 cm³/mol. The number of carboxylic acids is 1. The third-order valence-corrected chi connectivity index (χ3v) is 4.72. The highest BCUT2D eigenvalue weighted by Crippen LogP contribution is 2.13. The molecule has 3 amide bonds. The molecule has 0 radical (unpaired) electrons. The van der Waals surface area contributed by atoms with E-state index in [1.54, 1.807) is 21.9 Å². The summed E-state index contributed by atoms with van der Waals surface area (Å²) < 4.78 is 0. The van der Waals surface area contributed by atoms with Crippen molar-refractivity contribution in [1.29, 1.82) is 0 Å². The molecule has 0 unspecified atom stereocenters. The number of urea groups is 1. The molecule has 1 fully saturated rings. The van der Waals surface area contributed by atoms with Gasteiger partial charge in [0.15, 0.2) is 0 Å². The minimum absolute atomic E-state index is 0.0683. The van der Waals surface area contributed by atoms with Crippen molar-refractivity contribution < 1.29 is 19.5 Å². The number of nitrogens with one attached hydrogen (secondary N) is 1. The number of carbonyl (C=O) groups excluding carboxylic acids is 2. The lowest BCUT2D eigenvalue weighted by Crippen LogP contribution is -2.52. The molecule has 0 aromatic heterocycles. The van der Waals surface area contributed by atoms with Crippen LogP contribution >= 0.6 is 0 Å². The van der Waals surface area contributed by atoms with Crippen molar-refractivity contribution in [3.63, 3.8) is 0 Å². The summed E-state index contributed by atoms with van der Waals surface area (Å²) in [4.78, 5) is 39.4. The van der Waals surface area contributed by atoms with Crippen LogP contribution in [-0.2, 0) is 11.2 Å². The lowest BCUT2D eigenvalue weighted by Gasteiger charge is -2.34. The maximum absolute atomic E-state index is 12.5. The van der Waals surface area contributed by atoms with E-state index < -0.39 is 5.97 Å². The van der Waals surface area contributed by atoms with E-state index in [-0.39, 0.29) is 23.9 Å². The van der Waals surface area contributed by atoms with Gasteiger partial charge in [-0.1, -0.05) is 24.3 Å². The summed E-state index contributed by atoms with van der Waals surface area (Å²) in [6.45, 7) is 3.79. The Bertz CT molecular complexity index is 889. The quantitative estimate of drug-likeness (QED) is 0.852. The molecule has 2 aromatic rings. The van der Waals surface area contributed by atoms with Crippen LogP contribution < -0.4 is 5.32 Å². The molecule has 0 saturated carbocycles. The molecule has 3 rings (SSSR count). The Morgan fingerprint density at radius 2 is 1.64 bits per heavy atom. The molecule has 1 heterocycles. The van der Waals surface area contributed by atoms with Crippen molar-refractivity contribution in [2.45, 2.75) is 13.3 Å². The van der Waals surface area contributed by atoms with Crippen LogP contribution in [0.5, 0.6) is 0 Å². The molecule has 0 spiro atoms. The van der Waals surface area contributed by atoms with Crippen LogP contribution in [0.4, 0.5) is 10.5 Å². The summed E-state index contributed by atoms with van der Waals surface area (Å²) in [5, 5.41) is 11.9. The summed E-state index contributed by atoms with van der Waals surface area (Å²) in [7, 11) is 0. The van der Waals surface area contributed by atoms with E-state index in [0.717, 1.165) is 11.3 Å². The molecule has 7 nitrogen and oxygen atoms in total. The van der Waals surface area contributed by atoms with Gasteiger partial charge >= 0.3 is 12.0 Å². The molecule has 146 valence electrons. The topological polar surface area (TPSA) is 90.0 Å². The van der Waals surface area contributed by atoms with E-state index in [9.17, 15) is 14.4 Å². The van der Waals surface area contributed by atoms with Gasteiger partial charge in [-0.3, -0.25) is 4.79 Å². The minimum Gasteiger partial charge on any atom is -0.478 e. The van der Waals surface area contributed by atoms with Crippen LogP contribution in [0.1, 0.15) is 21.5 Å². The van der Waals surface area contributed by atoms with Crippen molar-refractivity contribution in [3.8, 4) is 0 Å². The van der Waals surface area contributed by atoms with E-state index in [4.69, 9.17) is 5.11 Å². The zero-order valence-corrected chi connectivity index (χ0v) is 15.7. The first-order valence-electron chi connectivity index (χ1n) is 9.15. The van der Waals surface area contributed by atoms with Gasteiger partial charge in [-0.2, -0.15) is 0 Å². The summed E-state index contributed by atoms with van der Waals surface area (Å²) in [5.74, 6) is -1.08. The molecule has 7 heteroatoms. The summed E-state index contributed by atoms with van der Waals surface area (Å²) >= 11 is 0. The normalized spacial score (nSPS) is 13.9. The number of nitrogens with zero attached hydrogens (tertiary/aromatic N) is 2. The minimum atomic E-state index is -1.01. The van der Waals surface area contributed by atoms with Gasteiger partial charge in [0.2, 0.25) is 5.91 Å². The highest BCUT2D eigenvalue weighted by Gasteiger charge is 2.24. The van der Waals surface area contributed by atoms with Crippen molar-refractivity contribution in [3.05, 3.63) is 65.2 Å². The second-order valence-electron chi connectivity index (χ2n) is 6.85. The lowest BCUT2D eigenvalue weighted by molar-refractivity contribution is -0.131. The van der Waals surface area contributed by atoms with Crippen molar-refractivity contribution in [2.75, 3.05) is 31.5 Å². The van der Waals surface area contributed by atoms with Gasteiger partial charge < -0.3 is 20.2 Å². The molecular formula is C21H23N3O4. The maximum atomic E-state index is 12.5. The smallest absolute Gasteiger partial charge is 0.335 e. The summed E-state index contributed by atoms with van der Waals surface area (Å²) in [6, 6.07) is 13.8. The molecule has 28 heavy (non-hydrogen) atoms. The Kier molecular flexibility index (Phi) is 5.93. The Balaban J connectivity index is 1.51. The Morgan fingerprint density at radius 1 is 0.964 bits per heavy atom. The van der Waals surface area contributed by atoms with E-state index in [2.05, 4.69) is 5.32 Å². The molecule has 1 aliphatic heterocycles. The van der Waals surface area contributed by atoms with Gasteiger partial charge in [-0.15, -0.1) is 0 Å². The molecule has 0 atom stereocenters. The fourth-order valence-corrected chi connectivity index (χ4v) is 3.19. The fraction of sp³-hybridized carbons (Fsp3) is 0.286. The maximum Gasteiger partial charge on any atom is 0.335 e. The molecule has 2 aromatic carbocycles. The third-order valence-electron chi connectivity index (χ3n) is 4.72. The standard InChI is InChI=1S/C21H23N3O4/c1-15-4-2-7-18(12-15)22-21(28)24-10-8-23(9-11-24)19(25)14-16-5-3-6-17(13-16)20(26)27/h2-7,12-13H,8-11,14H2,1H3,(H,22,28)(H,26,27). The monoisotopic (exact) mass is 381 g/mol. The zero-order valence-electron chi connectivity index (χ0n) is 15.7. The lowest BCUT2D eigenvalue weighted by atomic mass is 10.1. The molecule has 1 saturated heterocycles. The number of hydrogen-bond donors (Lipinski definition) is 2. The van der Waals surface area contributed by atoms with Gasteiger partial charge in [0, 0.05) is 31.9 Å². The first-order valence-corrected chi connectivity index (χ1v) is 9.15. The van der Waals surface area contributed by atoms with E-state index in [1.807, 2.05) is 31.2 Å². The zero-order chi connectivity index (χ0) is 20.1. The van der Waals surface area contributed by atoms with Crippen molar-refractivity contribution in [2.24, 2.45) is 0 Å². The van der Waals surface area contributed by atoms with E-state index in [1.165, 1.54) is 12.1 Å². The molecular weight excluding hydrogens is 358 g/mol. The van der Waals surface area contributed by atoms with Gasteiger partial charge in [0.05, 0.1) is 12.0 Å². The number of carboxylic acid groups (broad SMARTS) is 1. The number of piperazine rings is 1. The first-order chi connectivity index (χ1) is 13.4. The predicted octanol–water partition coefficient (Wildman–Crippen LogP) is 2.61. The second kappa shape index (κ2) is 8.56. The van der Waals surface area contributed by atoms with Crippen LogP contribution in [0.25, 0.3) is 0 Å². The Morgan fingerprint density at radius 3 is 2.32 bits per heavy atom. The average molecular weight is 381 g/mol. The van der Waals surface area contributed by atoms with Crippen LogP contribution in [0.3, 0.4) is 0 Å². The third kappa shape index (κ3) is 4.88. The number of rotatable bonds is 4.